The van der Waals surface area contributed by atoms with Gasteiger partial charge in [-0.25, -0.2) is 4.68 Å². The number of rotatable bonds is 2. The summed E-state index contributed by atoms with van der Waals surface area (Å²) in [5, 5.41) is 25.2. The van der Waals surface area contributed by atoms with Crippen LogP contribution in [0.1, 0.15) is 5.56 Å². The summed E-state index contributed by atoms with van der Waals surface area (Å²) in [4.78, 5) is 0. The van der Waals surface area contributed by atoms with Gasteiger partial charge in [0.1, 0.15) is 5.52 Å². The molecule has 2 aromatic rings. The second-order valence-corrected chi connectivity index (χ2v) is 2.85. The van der Waals surface area contributed by atoms with Crippen LogP contribution >= 0.6 is 0 Å². The lowest BCUT2D eigenvalue weighted by atomic mass is 10.2. The lowest BCUT2D eigenvalue weighted by Crippen LogP contribution is -2.03. The molecule has 0 spiro atoms. The van der Waals surface area contributed by atoms with Gasteiger partial charge in [-0.05, 0) is 18.2 Å². The van der Waals surface area contributed by atoms with Crippen LogP contribution in [-0.4, -0.2) is 26.7 Å². The largest absolute Gasteiger partial charge is 0.394 e. The van der Waals surface area contributed by atoms with E-state index in [0.29, 0.717) is 12.1 Å². The highest BCUT2D eigenvalue weighted by atomic mass is 16.3. The van der Waals surface area contributed by atoms with Crippen molar-refractivity contribution in [2.24, 2.45) is 0 Å². The summed E-state index contributed by atoms with van der Waals surface area (Å²) in [6.07, 6.45) is 0. The highest BCUT2D eigenvalue weighted by Crippen LogP contribution is 2.12. The van der Waals surface area contributed by atoms with Crippen molar-refractivity contribution >= 4 is 11.0 Å². The molecule has 0 amide bonds. The van der Waals surface area contributed by atoms with E-state index >= 15 is 0 Å². The summed E-state index contributed by atoms with van der Waals surface area (Å²) in [6.45, 7) is 0.403. The lowest BCUT2D eigenvalue weighted by molar-refractivity contribution is 0.270. The second kappa shape index (κ2) is 3.44. The maximum atomic E-state index is 8.77. The van der Waals surface area contributed by atoms with Gasteiger partial charge in [0.05, 0.1) is 30.3 Å². The molecule has 5 heteroatoms. The minimum atomic E-state index is 0.00917. The van der Waals surface area contributed by atoms with E-state index in [1.807, 2.05) is 6.07 Å². The van der Waals surface area contributed by atoms with E-state index in [1.54, 1.807) is 22.9 Å². The third kappa shape index (κ3) is 1.32. The number of fused-ring (bicyclic) bond motifs is 1. The molecule has 0 aliphatic heterocycles. The minimum Gasteiger partial charge on any atom is -0.394 e. The molecule has 0 fully saturated rings. The van der Waals surface area contributed by atoms with Crippen LogP contribution in [0.2, 0.25) is 0 Å². The van der Waals surface area contributed by atoms with Gasteiger partial charge in [-0.15, -0.1) is 5.10 Å². The van der Waals surface area contributed by atoms with Crippen LogP contribution < -0.4 is 0 Å². The van der Waals surface area contributed by atoms with E-state index in [-0.39, 0.29) is 6.61 Å². The fraction of sp³-hybridized carbons (Fsp3) is 0.222. The molecule has 1 aromatic carbocycles. The van der Waals surface area contributed by atoms with Crippen LogP contribution in [-0.2, 0) is 6.54 Å². The topological polar surface area (TPSA) is 74.7 Å². The van der Waals surface area contributed by atoms with Crippen LogP contribution in [0.15, 0.2) is 18.2 Å². The average Bonchev–Trinajstić information content (AvgIpc) is 2.61. The first-order valence-corrected chi connectivity index (χ1v) is 4.19. The van der Waals surface area contributed by atoms with Gasteiger partial charge in [0.15, 0.2) is 0 Å². The Hall–Kier alpha value is -1.93. The zero-order valence-electron chi connectivity index (χ0n) is 7.38. The van der Waals surface area contributed by atoms with Gasteiger partial charge in [0.25, 0.3) is 0 Å². The average molecular weight is 188 g/mol. The van der Waals surface area contributed by atoms with Crippen molar-refractivity contribution in [1.29, 1.82) is 5.26 Å². The quantitative estimate of drug-likeness (QED) is 0.735. The molecule has 0 saturated carbocycles. The molecule has 0 unspecified atom stereocenters. The Morgan fingerprint density at radius 2 is 2.36 bits per heavy atom. The molecule has 0 aliphatic rings. The van der Waals surface area contributed by atoms with Crippen LogP contribution in [0.3, 0.4) is 0 Å². The molecule has 0 atom stereocenters. The maximum Gasteiger partial charge on any atom is 0.113 e. The van der Waals surface area contributed by atoms with Crippen molar-refractivity contribution < 1.29 is 5.11 Å². The Kier molecular flexibility index (Phi) is 2.13. The predicted octanol–water partition coefficient (Wildman–Crippen LogP) is 0.295. The van der Waals surface area contributed by atoms with Crippen LogP contribution in [0, 0.1) is 11.3 Å². The highest BCUT2D eigenvalue weighted by molar-refractivity contribution is 5.75. The van der Waals surface area contributed by atoms with Crippen LogP contribution in [0.4, 0.5) is 0 Å². The van der Waals surface area contributed by atoms with Crippen molar-refractivity contribution in [3.05, 3.63) is 23.8 Å². The molecule has 0 saturated heterocycles. The Morgan fingerprint density at radius 1 is 1.50 bits per heavy atom. The molecule has 0 bridgehead atoms. The summed E-state index contributed by atoms with van der Waals surface area (Å²) < 4.78 is 1.58. The first kappa shape index (κ1) is 8.66. The summed E-state index contributed by atoms with van der Waals surface area (Å²) in [5.41, 5.74) is 2.08. The summed E-state index contributed by atoms with van der Waals surface area (Å²) >= 11 is 0. The van der Waals surface area contributed by atoms with Gasteiger partial charge in [-0.1, -0.05) is 5.21 Å². The van der Waals surface area contributed by atoms with Gasteiger partial charge in [-0.2, -0.15) is 5.26 Å². The van der Waals surface area contributed by atoms with E-state index in [0.717, 1.165) is 11.0 Å². The van der Waals surface area contributed by atoms with E-state index in [1.165, 1.54) is 0 Å². The molecule has 1 heterocycles. The predicted molar refractivity (Wildman–Crippen MR) is 49.3 cm³/mol. The maximum absolute atomic E-state index is 8.77. The molecule has 0 aliphatic carbocycles. The van der Waals surface area contributed by atoms with E-state index in [4.69, 9.17) is 10.4 Å². The van der Waals surface area contributed by atoms with Gasteiger partial charge >= 0.3 is 0 Å². The molecule has 14 heavy (non-hydrogen) atoms. The Morgan fingerprint density at radius 3 is 3.07 bits per heavy atom. The number of hydrogen-bond acceptors (Lipinski definition) is 4. The molecule has 1 aromatic heterocycles. The van der Waals surface area contributed by atoms with Gasteiger partial charge < -0.3 is 5.11 Å². The Labute approximate surface area is 80.2 Å². The van der Waals surface area contributed by atoms with E-state index < -0.39 is 0 Å². The molecular formula is C9H8N4O. The lowest BCUT2D eigenvalue weighted by Gasteiger charge is -1.97. The fourth-order valence-electron chi connectivity index (χ4n) is 1.29. The normalized spacial score (nSPS) is 10.3. The van der Waals surface area contributed by atoms with Crippen LogP contribution in [0.25, 0.3) is 11.0 Å². The standard InChI is InChI=1S/C9H8N4O/c10-6-7-1-2-8-9(5-7)13(3-4-14)12-11-8/h1-2,5,14H,3-4H2. The Bertz CT molecular complexity index is 497. The highest BCUT2D eigenvalue weighted by Gasteiger charge is 2.04. The smallest absolute Gasteiger partial charge is 0.113 e. The third-order valence-electron chi connectivity index (χ3n) is 1.95. The van der Waals surface area contributed by atoms with Crippen molar-refractivity contribution in [2.75, 3.05) is 6.61 Å². The summed E-state index contributed by atoms with van der Waals surface area (Å²) in [7, 11) is 0. The van der Waals surface area contributed by atoms with Crippen molar-refractivity contribution in [3.63, 3.8) is 0 Å². The molecule has 5 nitrogen and oxygen atoms in total. The van der Waals surface area contributed by atoms with Gasteiger partial charge in [0.2, 0.25) is 0 Å². The number of aliphatic hydroxyl groups is 1. The third-order valence-corrected chi connectivity index (χ3v) is 1.95. The SMILES string of the molecule is N#Cc1ccc2nnn(CCO)c2c1. The zero-order valence-corrected chi connectivity index (χ0v) is 7.38. The number of benzene rings is 1. The van der Waals surface area contributed by atoms with Crippen LogP contribution in [0.5, 0.6) is 0 Å². The fourth-order valence-corrected chi connectivity index (χ4v) is 1.29. The van der Waals surface area contributed by atoms with Crippen molar-refractivity contribution in [3.8, 4) is 6.07 Å². The summed E-state index contributed by atoms with van der Waals surface area (Å²) in [5.74, 6) is 0. The van der Waals surface area contributed by atoms with Gasteiger partial charge in [0, 0.05) is 0 Å². The van der Waals surface area contributed by atoms with E-state index in [9.17, 15) is 0 Å². The summed E-state index contributed by atoms with van der Waals surface area (Å²) in [6, 6.07) is 7.20. The number of hydrogen-bond donors (Lipinski definition) is 1. The number of aliphatic hydroxyl groups excluding tert-OH is 1. The number of aromatic nitrogens is 3. The second-order valence-electron chi connectivity index (χ2n) is 2.85. The first-order chi connectivity index (χ1) is 6.85. The molecule has 70 valence electrons. The number of nitriles is 1. The van der Waals surface area contributed by atoms with Crippen molar-refractivity contribution in [2.45, 2.75) is 6.54 Å². The monoisotopic (exact) mass is 188 g/mol. The Balaban J connectivity index is 2.59. The number of nitrogens with zero attached hydrogens (tertiary/aromatic N) is 4. The van der Waals surface area contributed by atoms with Crippen molar-refractivity contribution in [1.82, 2.24) is 15.0 Å². The molecule has 1 N–H and O–H groups in total. The van der Waals surface area contributed by atoms with E-state index in [2.05, 4.69) is 10.3 Å². The first-order valence-electron chi connectivity index (χ1n) is 4.19. The zero-order chi connectivity index (χ0) is 9.97. The molecular weight excluding hydrogens is 180 g/mol. The van der Waals surface area contributed by atoms with Gasteiger partial charge in [-0.3, -0.25) is 0 Å². The molecule has 2 rings (SSSR count). The molecule has 0 radical (unpaired) electrons. The minimum absolute atomic E-state index is 0.00917.